The number of nitrogens with zero attached hydrogens (tertiary/aromatic N) is 3. The fraction of sp³-hybridized carbons (Fsp3) is 0. The highest BCUT2D eigenvalue weighted by molar-refractivity contribution is 7.26. The van der Waals surface area contributed by atoms with Gasteiger partial charge in [-0.2, -0.15) is 0 Å². The molecule has 3 nitrogen and oxygen atoms in total. The second kappa shape index (κ2) is 7.32. The lowest BCUT2D eigenvalue weighted by Crippen LogP contribution is -1.89. The van der Waals surface area contributed by atoms with Crippen molar-refractivity contribution < 1.29 is 0 Å². The van der Waals surface area contributed by atoms with Crippen LogP contribution in [0, 0.1) is 0 Å². The molecule has 0 aliphatic carbocycles. The third-order valence-electron chi connectivity index (χ3n) is 8.49. The van der Waals surface area contributed by atoms with E-state index in [1.165, 1.54) is 63.9 Å². The molecule has 10 rings (SSSR count). The van der Waals surface area contributed by atoms with Gasteiger partial charge in [-0.05, 0) is 46.2 Å². The quantitative estimate of drug-likeness (QED) is 0.213. The molecule has 0 saturated heterocycles. The highest BCUT2D eigenvalue weighted by Crippen LogP contribution is 2.45. The molecule has 4 heteroatoms. The molecule has 0 fully saturated rings. The molecule has 40 heavy (non-hydrogen) atoms. The van der Waals surface area contributed by atoms with Crippen LogP contribution in [0.1, 0.15) is 0 Å². The fourth-order valence-corrected chi connectivity index (χ4v) is 7.94. The topological polar surface area (TPSA) is 30.2 Å². The van der Waals surface area contributed by atoms with Gasteiger partial charge < -0.3 is 0 Å². The van der Waals surface area contributed by atoms with E-state index in [9.17, 15) is 0 Å². The van der Waals surface area contributed by atoms with E-state index in [0.717, 1.165) is 27.6 Å². The molecule has 0 spiro atoms. The normalized spacial score (nSPS) is 12.5. The summed E-state index contributed by atoms with van der Waals surface area (Å²) >= 11 is 1.88. The Morgan fingerprint density at radius 3 is 2.12 bits per heavy atom. The number of hydrogen-bond acceptors (Lipinski definition) is 3. The summed E-state index contributed by atoms with van der Waals surface area (Å²) in [6.07, 6.45) is 0. The molecule has 0 aliphatic rings. The lowest BCUT2D eigenvalue weighted by Gasteiger charge is -2.04. The van der Waals surface area contributed by atoms with Gasteiger partial charge in [0.05, 0.1) is 26.8 Å². The van der Waals surface area contributed by atoms with Crippen LogP contribution >= 0.6 is 11.3 Å². The number of aromatic nitrogens is 3. The molecule has 0 unspecified atom stereocenters. The summed E-state index contributed by atoms with van der Waals surface area (Å²) < 4.78 is 4.97. The largest absolute Gasteiger partial charge is 0.290 e. The molecule has 10 aromatic rings. The van der Waals surface area contributed by atoms with Crippen LogP contribution in [0.3, 0.4) is 0 Å². The fourth-order valence-electron chi connectivity index (χ4n) is 6.66. The first kappa shape index (κ1) is 20.8. The maximum Gasteiger partial charge on any atom is 0.165 e. The van der Waals surface area contributed by atoms with Crippen LogP contribution in [0.5, 0.6) is 0 Å². The van der Waals surface area contributed by atoms with Gasteiger partial charge >= 0.3 is 0 Å². The van der Waals surface area contributed by atoms with Gasteiger partial charge in [-0.1, -0.05) is 91.0 Å². The minimum atomic E-state index is 0.924. The molecule has 184 valence electrons. The summed E-state index contributed by atoms with van der Waals surface area (Å²) in [6.45, 7) is 0. The smallest absolute Gasteiger partial charge is 0.165 e. The van der Waals surface area contributed by atoms with Crippen LogP contribution in [0.4, 0.5) is 0 Å². The Hall–Kier alpha value is -5.06. The van der Waals surface area contributed by atoms with Crippen LogP contribution < -0.4 is 0 Å². The number of rotatable bonds is 1. The number of fused-ring (bicyclic) bond motifs is 12. The van der Waals surface area contributed by atoms with Gasteiger partial charge in [0.15, 0.2) is 5.65 Å². The van der Waals surface area contributed by atoms with Gasteiger partial charge in [0.25, 0.3) is 0 Å². The van der Waals surface area contributed by atoms with Crippen LogP contribution in [-0.2, 0) is 0 Å². The van der Waals surface area contributed by atoms with Gasteiger partial charge in [-0.15, -0.1) is 11.3 Å². The van der Waals surface area contributed by atoms with Crippen molar-refractivity contribution in [1.29, 1.82) is 0 Å². The number of para-hydroxylation sites is 3. The molecule has 0 atom stereocenters. The average Bonchev–Trinajstić information content (AvgIpc) is 3.66. The standard InChI is InChI=1S/C36H19N3S/c1-2-7-21-18-22(13-12-20(21)6-1)23-14-15-24-27-17-16-26-25-8-5-9-28-32-36(38-30-11-4-3-10-29(30)37-32)39(33(25)28)34(26)35(27)40-31(24)19-23/h1-19H. The predicted octanol–water partition coefficient (Wildman–Crippen LogP) is 9.97. The van der Waals surface area contributed by atoms with Gasteiger partial charge in [0.2, 0.25) is 0 Å². The number of thiophene rings is 1. The van der Waals surface area contributed by atoms with E-state index >= 15 is 0 Å². The first-order chi connectivity index (χ1) is 19.8. The van der Waals surface area contributed by atoms with Crippen LogP contribution in [0.25, 0.3) is 91.5 Å². The first-order valence-corrected chi connectivity index (χ1v) is 14.3. The van der Waals surface area contributed by atoms with Crippen LogP contribution in [0.15, 0.2) is 115 Å². The summed E-state index contributed by atoms with van der Waals surface area (Å²) in [5.74, 6) is 0. The molecule has 0 amide bonds. The molecule has 6 aromatic carbocycles. The molecular formula is C36H19N3S. The van der Waals surface area contributed by atoms with Crippen LogP contribution in [0.2, 0.25) is 0 Å². The van der Waals surface area contributed by atoms with Crippen molar-refractivity contribution in [2.45, 2.75) is 0 Å². The second-order valence-electron chi connectivity index (χ2n) is 10.6. The van der Waals surface area contributed by atoms with E-state index in [4.69, 9.17) is 9.97 Å². The maximum atomic E-state index is 5.16. The van der Waals surface area contributed by atoms with Crippen molar-refractivity contribution in [1.82, 2.24) is 14.4 Å². The van der Waals surface area contributed by atoms with Crippen molar-refractivity contribution in [3.8, 4) is 11.1 Å². The predicted molar refractivity (Wildman–Crippen MR) is 170 cm³/mol. The van der Waals surface area contributed by atoms with Crippen molar-refractivity contribution in [2.24, 2.45) is 0 Å². The minimum Gasteiger partial charge on any atom is -0.290 e. The Balaban J connectivity index is 1.31. The third-order valence-corrected chi connectivity index (χ3v) is 9.67. The molecule has 0 radical (unpaired) electrons. The average molecular weight is 526 g/mol. The summed E-state index contributed by atoms with van der Waals surface area (Å²) in [5, 5.41) is 8.82. The molecule has 0 N–H and O–H groups in total. The van der Waals surface area contributed by atoms with E-state index in [1.807, 2.05) is 29.5 Å². The molecule has 0 saturated carbocycles. The van der Waals surface area contributed by atoms with Crippen molar-refractivity contribution in [3.05, 3.63) is 115 Å². The zero-order valence-corrected chi connectivity index (χ0v) is 22.0. The van der Waals surface area contributed by atoms with Crippen molar-refractivity contribution in [2.75, 3.05) is 0 Å². The van der Waals surface area contributed by atoms with Crippen LogP contribution in [-0.4, -0.2) is 14.4 Å². The van der Waals surface area contributed by atoms with E-state index in [0.29, 0.717) is 0 Å². The van der Waals surface area contributed by atoms with Gasteiger partial charge in [0.1, 0.15) is 5.52 Å². The van der Waals surface area contributed by atoms with Crippen molar-refractivity contribution in [3.63, 3.8) is 0 Å². The summed E-state index contributed by atoms with van der Waals surface area (Å²) in [4.78, 5) is 10.2. The lowest BCUT2D eigenvalue weighted by atomic mass is 10.00. The number of benzene rings is 6. The van der Waals surface area contributed by atoms with E-state index in [-0.39, 0.29) is 0 Å². The lowest BCUT2D eigenvalue weighted by molar-refractivity contribution is 1.28. The van der Waals surface area contributed by atoms with E-state index in [2.05, 4.69) is 101 Å². The minimum absolute atomic E-state index is 0.924. The Kier molecular flexibility index (Phi) is 3.81. The second-order valence-corrected chi connectivity index (χ2v) is 11.7. The number of hydrogen-bond donors (Lipinski definition) is 0. The summed E-state index contributed by atoms with van der Waals surface area (Å²) in [6, 6.07) is 41.6. The molecule has 0 bridgehead atoms. The Labute approximate surface area is 231 Å². The monoisotopic (exact) mass is 525 g/mol. The zero-order chi connectivity index (χ0) is 25.9. The Bertz CT molecular complexity index is 2660. The van der Waals surface area contributed by atoms with Gasteiger partial charge in [-0.25, -0.2) is 9.97 Å². The molecular weight excluding hydrogens is 506 g/mol. The maximum absolute atomic E-state index is 5.16. The van der Waals surface area contributed by atoms with Crippen molar-refractivity contribution >= 4 is 91.7 Å². The van der Waals surface area contributed by atoms with Gasteiger partial charge in [0, 0.05) is 31.6 Å². The van der Waals surface area contributed by atoms with E-state index < -0.39 is 0 Å². The first-order valence-electron chi connectivity index (χ1n) is 13.5. The third kappa shape index (κ3) is 2.59. The van der Waals surface area contributed by atoms with Gasteiger partial charge in [-0.3, -0.25) is 4.40 Å². The molecule has 4 heterocycles. The Morgan fingerprint density at radius 1 is 0.500 bits per heavy atom. The molecule has 4 aromatic heterocycles. The summed E-state index contributed by atoms with van der Waals surface area (Å²) in [7, 11) is 0. The highest BCUT2D eigenvalue weighted by Gasteiger charge is 2.22. The highest BCUT2D eigenvalue weighted by atomic mass is 32.1. The summed E-state index contributed by atoms with van der Waals surface area (Å²) in [5.41, 5.74) is 8.70. The molecule has 0 aliphatic heterocycles. The Morgan fingerprint density at radius 2 is 1.20 bits per heavy atom. The SMILES string of the molecule is c1ccc2cc(-c3ccc4c(c3)sc3c4ccc4c5cccc6c7nc8ccccc8nc7n(c56)c43)ccc2c1. The zero-order valence-electron chi connectivity index (χ0n) is 21.2. The van der Waals surface area contributed by atoms with E-state index in [1.54, 1.807) is 0 Å².